The van der Waals surface area contributed by atoms with Gasteiger partial charge in [-0.25, -0.2) is 0 Å². The second kappa shape index (κ2) is 11.1. The number of quaternary nitrogens is 2. The molecule has 5 nitrogen and oxygen atoms in total. The van der Waals surface area contributed by atoms with Crippen LogP contribution >= 0.6 is 0 Å². The minimum atomic E-state index is 0.146. The molecule has 1 aliphatic heterocycles. The maximum Gasteiger partial charge on any atom is 0.226 e. The van der Waals surface area contributed by atoms with Gasteiger partial charge in [0.25, 0.3) is 0 Å². The summed E-state index contributed by atoms with van der Waals surface area (Å²) >= 11 is 0. The number of ether oxygens (including phenoxy) is 1. The van der Waals surface area contributed by atoms with Crippen LogP contribution in [0.2, 0.25) is 0 Å². The van der Waals surface area contributed by atoms with Gasteiger partial charge in [0, 0.05) is 30.9 Å². The Kier molecular flexibility index (Phi) is 8.29. The van der Waals surface area contributed by atoms with Crippen LogP contribution in [0.1, 0.15) is 24.0 Å². The van der Waals surface area contributed by atoms with Crippen molar-refractivity contribution in [3.8, 4) is 5.75 Å². The van der Waals surface area contributed by atoms with Gasteiger partial charge in [-0.2, -0.15) is 0 Å². The van der Waals surface area contributed by atoms with Crippen LogP contribution in [0.15, 0.2) is 54.6 Å². The summed E-state index contributed by atoms with van der Waals surface area (Å²) in [5.74, 6) is 1.44. The molecule has 0 saturated carbocycles. The third kappa shape index (κ3) is 6.31. The highest BCUT2D eigenvalue weighted by molar-refractivity contribution is 5.79. The molecular formula is C25H37N3O2+2. The summed E-state index contributed by atoms with van der Waals surface area (Å²) in [4.78, 5) is 18.4. The van der Waals surface area contributed by atoms with Gasteiger partial charge in [-0.05, 0) is 17.7 Å². The molecule has 30 heavy (non-hydrogen) atoms. The molecule has 1 saturated heterocycles. The number of hydrogen-bond donors (Lipinski definition) is 2. The number of carbonyl (C=O) groups excluding carboxylic acids is 1. The van der Waals surface area contributed by atoms with Crippen molar-refractivity contribution in [2.24, 2.45) is 5.92 Å². The summed E-state index contributed by atoms with van der Waals surface area (Å²) in [5.41, 5.74) is 2.46. The Bertz CT molecular complexity index is 786. The normalized spacial score (nSPS) is 18.9. The number of methoxy groups -OCH3 is 1. The molecule has 0 bridgehead atoms. The lowest BCUT2D eigenvalue weighted by atomic mass is 9.94. The number of benzene rings is 2. The van der Waals surface area contributed by atoms with Crippen LogP contribution in [0.5, 0.6) is 5.75 Å². The third-order valence-corrected chi connectivity index (χ3v) is 6.08. The maximum absolute atomic E-state index is 13.4. The summed E-state index contributed by atoms with van der Waals surface area (Å²) < 4.78 is 5.50. The second-order valence-corrected chi connectivity index (χ2v) is 8.72. The Morgan fingerprint density at radius 3 is 2.40 bits per heavy atom. The molecule has 0 radical (unpaired) electrons. The highest BCUT2D eigenvalue weighted by Gasteiger charge is 2.31. The van der Waals surface area contributed by atoms with E-state index in [0.29, 0.717) is 12.5 Å². The molecule has 162 valence electrons. The third-order valence-electron chi connectivity index (χ3n) is 6.08. The van der Waals surface area contributed by atoms with Crippen molar-refractivity contribution < 1.29 is 19.3 Å². The monoisotopic (exact) mass is 411 g/mol. The van der Waals surface area contributed by atoms with Gasteiger partial charge in [-0.1, -0.05) is 42.5 Å². The number of hydrogen-bond acceptors (Lipinski definition) is 2. The van der Waals surface area contributed by atoms with Crippen molar-refractivity contribution in [1.82, 2.24) is 4.90 Å². The number of amides is 1. The standard InChI is InChI=1S/C25H35N3O2/c1-26(2)17-18-28(19-21-9-5-4-6-10-21)25(29)22-13-15-27(16-14-22)20-23-11-7-8-12-24(23)30-3/h4-12,22H,13-20H2,1-3H3/p+2. The minimum absolute atomic E-state index is 0.146. The number of nitrogens with one attached hydrogen (secondary N) is 2. The van der Waals surface area contributed by atoms with Gasteiger partial charge in [0.05, 0.1) is 47.4 Å². The first-order valence-corrected chi connectivity index (χ1v) is 11.1. The zero-order valence-electron chi connectivity index (χ0n) is 18.7. The number of piperidine rings is 1. The molecule has 5 heteroatoms. The van der Waals surface area contributed by atoms with E-state index < -0.39 is 0 Å². The van der Waals surface area contributed by atoms with Crippen molar-refractivity contribution in [3.05, 3.63) is 65.7 Å². The molecule has 2 aromatic carbocycles. The van der Waals surface area contributed by atoms with Crippen LogP contribution in [-0.2, 0) is 17.9 Å². The fraction of sp³-hybridized carbons (Fsp3) is 0.480. The number of rotatable bonds is 9. The number of likely N-dealkylation sites (tertiary alicyclic amines) is 1. The molecule has 0 aromatic heterocycles. The second-order valence-electron chi connectivity index (χ2n) is 8.72. The SMILES string of the molecule is COc1ccccc1C[NH+]1CCC(C(=O)N(CC[NH+](C)C)Cc2ccccc2)CC1. The average molecular weight is 412 g/mol. The Hall–Kier alpha value is -2.37. The first kappa shape index (κ1) is 22.3. The van der Waals surface area contributed by atoms with Gasteiger partial charge in [0.15, 0.2) is 0 Å². The fourth-order valence-electron chi connectivity index (χ4n) is 4.26. The van der Waals surface area contributed by atoms with Crippen molar-refractivity contribution in [1.29, 1.82) is 0 Å². The molecule has 1 amide bonds. The van der Waals surface area contributed by atoms with E-state index in [1.54, 1.807) is 7.11 Å². The maximum atomic E-state index is 13.4. The summed E-state index contributed by atoms with van der Waals surface area (Å²) in [6.07, 6.45) is 1.92. The van der Waals surface area contributed by atoms with Crippen LogP contribution in [0.25, 0.3) is 0 Å². The molecule has 1 fully saturated rings. The largest absolute Gasteiger partial charge is 0.496 e. The van der Waals surface area contributed by atoms with Crippen molar-refractivity contribution >= 4 is 5.91 Å². The minimum Gasteiger partial charge on any atom is -0.496 e. The van der Waals surface area contributed by atoms with Gasteiger partial charge in [0.2, 0.25) is 5.91 Å². The van der Waals surface area contributed by atoms with E-state index >= 15 is 0 Å². The van der Waals surface area contributed by atoms with Crippen molar-refractivity contribution in [2.75, 3.05) is 47.4 Å². The Morgan fingerprint density at radius 2 is 1.73 bits per heavy atom. The molecule has 2 aromatic rings. The van der Waals surface area contributed by atoms with Crippen LogP contribution in [-0.4, -0.2) is 58.2 Å². The zero-order chi connectivity index (χ0) is 21.3. The van der Waals surface area contributed by atoms with E-state index in [4.69, 9.17) is 4.74 Å². The fourth-order valence-corrected chi connectivity index (χ4v) is 4.26. The summed E-state index contributed by atoms with van der Waals surface area (Å²) in [6, 6.07) is 18.6. The highest BCUT2D eigenvalue weighted by Crippen LogP contribution is 2.18. The lowest BCUT2D eigenvalue weighted by Gasteiger charge is -2.32. The molecule has 0 atom stereocenters. The lowest BCUT2D eigenvalue weighted by Crippen LogP contribution is -3.11. The molecule has 1 heterocycles. The van der Waals surface area contributed by atoms with E-state index in [1.165, 1.54) is 20.9 Å². The molecule has 1 aliphatic rings. The van der Waals surface area contributed by atoms with Crippen LogP contribution in [0, 0.1) is 5.92 Å². The first-order chi connectivity index (χ1) is 14.6. The van der Waals surface area contributed by atoms with Crippen LogP contribution in [0.4, 0.5) is 0 Å². The Labute approximate surface area is 181 Å². The van der Waals surface area contributed by atoms with E-state index in [9.17, 15) is 4.79 Å². The molecule has 0 spiro atoms. The van der Waals surface area contributed by atoms with Gasteiger partial charge in [0.1, 0.15) is 12.3 Å². The summed E-state index contributed by atoms with van der Waals surface area (Å²) in [5, 5.41) is 0. The van der Waals surface area contributed by atoms with E-state index in [2.05, 4.69) is 55.4 Å². The molecule has 2 N–H and O–H groups in total. The van der Waals surface area contributed by atoms with Gasteiger partial charge in [-0.3, -0.25) is 4.79 Å². The number of carbonyl (C=O) groups is 1. The number of likely N-dealkylation sites (N-methyl/N-ethyl adjacent to an activating group) is 1. The first-order valence-electron chi connectivity index (χ1n) is 11.1. The predicted octanol–water partition coefficient (Wildman–Crippen LogP) is 0.663. The van der Waals surface area contributed by atoms with Crippen LogP contribution in [0.3, 0.4) is 0 Å². The van der Waals surface area contributed by atoms with Gasteiger partial charge < -0.3 is 19.4 Å². The Balaban J connectivity index is 1.58. The van der Waals surface area contributed by atoms with Crippen molar-refractivity contribution in [2.45, 2.75) is 25.9 Å². The van der Waals surface area contributed by atoms with E-state index in [-0.39, 0.29) is 5.92 Å². The summed E-state index contributed by atoms with van der Waals surface area (Å²) in [6.45, 7) is 5.52. The number of para-hydroxylation sites is 1. The van der Waals surface area contributed by atoms with E-state index in [1.807, 2.05) is 18.2 Å². The molecule has 0 aliphatic carbocycles. The highest BCUT2D eigenvalue weighted by atomic mass is 16.5. The van der Waals surface area contributed by atoms with Gasteiger partial charge >= 0.3 is 0 Å². The molecule has 3 rings (SSSR count). The van der Waals surface area contributed by atoms with Crippen LogP contribution < -0.4 is 14.5 Å². The topological polar surface area (TPSA) is 38.4 Å². The lowest BCUT2D eigenvalue weighted by molar-refractivity contribution is -0.919. The van der Waals surface area contributed by atoms with E-state index in [0.717, 1.165) is 51.3 Å². The zero-order valence-corrected chi connectivity index (χ0v) is 18.7. The summed E-state index contributed by atoms with van der Waals surface area (Å²) in [7, 11) is 6.02. The average Bonchev–Trinajstić information content (AvgIpc) is 2.77. The quantitative estimate of drug-likeness (QED) is 0.636. The number of nitrogens with zero attached hydrogens (tertiary/aromatic N) is 1. The predicted molar refractivity (Wildman–Crippen MR) is 120 cm³/mol. The smallest absolute Gasteiger partial charge is 0.226 e. The van der Waals surface area contributed by atoms with Gasteiger partial charge in [-0.15, -0.1) is 0 Å². The van der Waals surface area contributed by atoms with Crippen molar-refractivity contribution in [3.63, 3.8) is 0 Å². The molecule has 0 unspecified atom stereocenters. The molecular weight excluding hydrogens is 374 g/mol. The Morgan fingerprint density at radius 1 is 1.07 bits per heavy atom.